The van der Waals surface area contributed by atoms with Crippen LogP contribution in [0.5, 0.6) is 23.0 Å². The first-order valence-corrected chi connectivity index (χ1v) is 13.9. The molecule has 0 aliphatic carbocycles. The highest BCUT2D eigenvalue weighted by Gasteiger charge is 2.16. The van der Waals surface area contributed by atoms with Crippen molar-refractivity contribution in [3.05, 3.63) is 96.1 Å². The molecule has 0 amide bonds. The van der Waals surface area contributed by atoms with E-state index in [2.05, 4.69) is 17.6 Å². The lowest BCUT2D eigenvalue weighted by atomic mass is 10.00. The molecule has 0 bridgehead atoms. The van der Waals surface area contributed by atoms with E-state index >= 15 is 0 Å². The zero-order valence-electron chi connectivity index (χ0n) is 23.6. The number of phenols is 2. The van der Waals surface area contributed by atoms with E-state index in [9.17, 15) is 10.2 Å². The molecule has 4 N–H and O–H groups in total. The van der Waals surface area contributed by atoms with Crippen LogP contribution in [0.15, 0.2) is 84.9 Å². The van der Waals surface area contributed by atoms with E-state index in [0.29, 0.717) is 13.1 Å². The SMILES string of the molecule is CCCCC(CNCc1cccc(-c2ccccc2OC)c1O)NCc1cccc(-c2ccccc2OC)c1O. The second-order valence-corrected chi connectivity index (χ2v) is 9.88. The van der Waals surface area contributed by atoms with Gasteiger partial charge in [-0.1, -0.05) is 92.6 Å². The van der Waals surface area contributed by atoms with Gasteiger partial charge in [-0.2, -0.15) is 0 Å². The molecule has 4 rings (SSSR count). The van der Waals surface area contributed by atoms with Crippen molar-refractivity contribution in [1.29, 1.82) is 0 Å². The smallest absolute Gasteiger partial charge is 0.128 e. The van der Waals surface area contributed by atoms with E-state index in [1.54, 1.807) is 14.2 Å². The summed E-state index contributed by atoms with van der Waals surface area (Å²) in [5, 5.41) is 29.3. The molecular formula is C34H40N2O4. The van der Waals surface area contributed by atoms with Gasteiger partial charge in [0.2, 0.25) is 0 Å². The monoisotopic (exact) mass is 540 g/mol. The van der Waals surface area contributed by atoms with Gasteiger partial charge >= 0.3 is 0 Å². The van der Waals surface area contributed by atoms with Crippen LogP contribution in [0.1, 0.15) is 37.3 Å². The summed E-state index contributed by atoms with van der Waals surface area (Å²) in [6.07, 6.45) is 3.21. The van der Waals surface area contributed by atoms with Crippen molar-refractivity contribution in [2.24, 2.45) is 0 Å². The lowest BCUT2D eigenvalue weighted by Crippen LogP contribution is -2.38. The molecule has 1 unspecified atom stereocenters. The standard InChI is InChI=1S/C34H40N2O4/c1-4-5-14-26(36-22-25-13-11-18-30(34(25)38)28-16-7-9-20-32(28)40-3)23-35-21-24-12-10-17-29(33(24)37)27-15-6-8-19-31(27)39-2/h6-13,15-20,26,35-38H,4-5,14,21-23H2,1-3H3. The summed E-state index contributed by atoms with van der Waals surface area (Å²) in [4.78, 5) is 0. The predicted octanol–water partition coefficient (Wildman–Crippen LogP) is 6.89. The molecule has 4 aromatic carbocycles. The predicted molar refractivity (Wildman–Crippen MR) is 162 cm³/mol. The number of aromatic hydroxyl groups is 2. The minimum Gasteiger partial charge on any atom is -0.507 e. The molecule has 0 saturated carbocycles. The fourth-order valence-electron chi connectivity index (χ4n) is 5.00. The summed E-state index contributed by atoms with van der Waals surface area (Å²) in [6.45, 7) is 3.99. The van der Waals surface area contributed by atoms with E-state index < -0.39 is 0 Å². The second-order valence-electron chi connectivity index (χ2n) is 9.88. The van der Waals surface area contributed by atoms with Gasteiger partial charge in [-0.25, -0.2) is 0 Å². The van der Waals surface area contributed by atoms with Gasteiger partial charge in [0, 0.05) is 59.1 Å². The van der Waals surface area contributed by atoms with Crippen LogP contribution >= 0.6 is 0 Å². The van der Waals surface area contributed by atoms with Crippen molar-refractivity contribution < 1.29 is 19.7 Å². The van der Waals surface area contributed by atoms with Crippen LogP contribution in [0.4, 0.5) is 0 Å². The Labute approximate surface area is 237 Å². The lowest BCUT2D eigenvalue weighted by molar-refractivity contribution is 0.413. The molecule has 0 saturated heterocycles. The molecule has 0 spiro atoms. The summed E-state index contributed by atoms with van der Waals surface area (Å²) in [6, 6.07) is 27.3. The summed E-state index contributed by atoms with van der Waals surface area (Å²) in [5.74, 6) is 1.98. The average Bonchev–Trinajstić information content (AvgIpc) is 2.99. The number of para-hydroxylation sites is 4. The van der Waals surface area contributed by atoms with Crippen LogP contribution in [0, 0.1) is 0 Å². The van der Waals surface area contributed by atoms with Crippen molar-refractivity contribution in [2.45, 2.75) is 45.3 Å². The first-order valence-electron chi connectivity index (χ1n) is 13.9. The summed E-state index contributed by atoms with van der Waals surface area (Å²) in [7, 11) is 3.28. The topological polar surface area (TPSA) is 83.0 Å². The first-order chi connectivity index (χ1) is 19.6. The molecule has 0 radical (unpaired) electrons. The maximum atomic E-state index is 11.1. The van der Waals surface area contributed by atoms with E-state index in [1.165, 1.54) is 0 Å². The molecule has 0 aromatic heterocycles. The quantitative estimate of drug-likeness (QED) is 0.139. The summed E-state index contributed by atoms with van der Waals surface area (Å²) >= 11 is 0. The van der Waals surface area contributed by atoms with Crippen LogP contribution in [0.2, 0.25) is 0 Å². The van der Waals surface area contributed by atoms with Gasteiger partial charge in [0.1, 0.15) is 23.0 Å². The fraction of sp³-hybridized carbons (Fsp3) is 0.294. The van der Waals surface area contributed by atoms with E-state index in [0.717, 1.165) is 70.7 Å². The van der Waals surface area contributed by atoms with Crippen molar-refractivity contribution in [2.75, 3.05) is 20.8 Å². The molecule has 6 nitrogen and oxygen atoms in total. The van der Waals surface area contributed by atoms with Gasteiger partial charge in [0.15, 0.2) is 0 Å². The average molecular weight is 541 g/mol. The highest BCUT2D eigenvalue weighted by Crippen LogP contribution is 2.38. The minimum atomic E-state index is 0.203. The Bertz CT molecular complexity index is 1390. The number of rotatable bonds is 14. The van der Waals surface area contributed by atoms with Gasteiger partial charge in [-0.05, 0) is 18.6 Å². The highest BCUT2D eigenvalue weighted by atomic mass is 16.5. The second kappa shape index (κ2) is 14.4. The van der Waals surface area contributed by atoms with E-state index in [4.69, 9.17) is 9.47 Å². The number of methoxy groups -OCH3 is 2. The molecule has 0 aliphatic heterocycles. The molecule has 0 heterocycles. The van der Waals surface area contributed by atoms with E-state index in [-0.39, 0.29) is 17.5 Å². The third kappa shape index (κ3) is 6.95. The number of hydrogen-bond donors (Lipinski definition) is 4. The van der Waals surface area contributed by atoms with Crippen LogP contribution in [0.3, 0.4) is 0 Å². The fourth-order valence-corrected chi connectivity index (χ4v) is 5.00. The van der Waals surface area contributed by atoms with E-state index in [1.807, 2.05) is 84.9 Å². The van der Waals surface area contributed by atoms with Crippen LogP contribution in [-0.2, 0) is 13.1 Å². The Morgan fingerprint density at radius 3 is 1.68 bits per heavy atom. The van der Waals surface area contributed by atoms with Crippen LogP contribution in [0.25, 0.3) is 22.3 Å². The molecule has 40 heavy (non-hydrogen) atoms. The number of nitrogens with one attached hydrogen (secondary N) is 2. The Morgan fingerprint density at radius 1 is 0.650 bits per heavy atom. The molecule has 4 aromatic rings. The van der Waals surface area contributed by atoms with Crippen LogP contribution < -0.4 is 20.1 Å². The van der Waals surface area contributed by atoms with Gasteiger partial charge in [0.05, 0.1) is 14.2 Å². The molecular weight excluding hydrogens is 500 g/mol. The highest BCUT2D eigenvalue weighted by molar-refractivity contribution is 5.77. The van der Waals surface area contributed by atoms with Crippen molar-refractivity contribution >= 4 is 0 Å². The number of unbranched alkanes of at least 4 members (excludes halogenated alkanes) is 1. The maximum absolute atomic E-state index is 11.1. The molecule has 0 fully saturated rings. The van der Waals surface area contributed by atoms with Crippen molar-refractivity contribution in [3.63, 3.8) is 0 Å². The Balaban J connectivity index is 1.43. The molecule has 210 valence electrons. The number of hydrogen-bond acceptors (Lipinski definition) is 6. The third-order valence-electron chi connectivity index (χ3n) is 7.23. The number of ether oxygens (including phenoxy) is 2. The molecule has 0 aliphatic rings. The lowest BCUT2D eigenvalue weighted by Gasteiger charge is -2.21. The normalized spacial score (nSPS) is 11.8. The largest absolute Gasteiger partial charge is 0.507 e. The van der Waals surface area contributed by atoms with Gasteiger partial charge in [-0.3, -0.25) is 0 Å². The summed E-state index contributed by atoms with van der Waals surface area (Å²) in [5.41, 5.74) is 4.91. The number of phenolic OH excluding ortho intramolecular Hbond substituents is 2. The maximum Gasteiger partial charge on any atom is 0.128 e. The van der Waals surface area contributed by atoms with Gasteiger partial charge < -0.3 is 30.3 Å². The Kier molecular flexibility index (Phi) is 10.4. The summed E-state index contributed by atoms with van der Waals surface area (Å²) < 4.78 is 11.0. The third-order valence-corrected chi connectivity index (χ3v) is 7.23. The van der Waals surface area contributed by atoms with Crippen LogP contribution in [-0.4, -0.2) is 37.0 Å². The van der Waals surface area contributed by atoms with Gasteiger partial charge in [0.25, 0.3) is 0 Å². The number of benzene rings is 4. The minimum absolute atomic E-state index is 0.203. The Morgan fingerprint density at radius 2 is 1.15 bits per heavy atom. The zero-order chi connectivity index (χ0) is 28.3. The van der Waals surface area contributed by atoms with Crippen molar-refractivity contribution in [1.82, 2.24) is 10.6 Å². The zero-order valence-corrected chi connectivity index (χ0v) is 23.6. The van der Waals surface area contributed by atoms with Gasteiger partial charge in [-0.15, -0.1) is 0 Å². The molecule has 1 atom stereocenters. The molecule has 6 heteroatoms. The Hall–Kier alpha value is -4.00. The first kappa shape index (κ1) is 29.0. The van der Waals surface area contributed by atoms with Crippen molar-refractivity contribution in [3.8, 4) is 45.3 Å².